The highest BCUT2D eigenvalue weighted by Gasteiger charge is 2.45. The van der Waals surface area contributed by atoms with E-state index >= 15 is 0 Å². The molecule has 0 saturated carbocycles. The van der Waals surface area contributed by atoms with Gasteiger partial charge in [-0.1, -0.05) is 72.8 Å². The maximum absolute atomic E-state index is 13.6. The van der Waals surface area contributed by atoms with Gasteiger partial charge in [0.1, 0.15) is 17.6 Å². The van der Waals surface area contributed by atoms with E-state index in [1.54, 1.807) is 31.2 Å². The lowest BCUT2D eigenvalue weighted by atomic mass is 9.76. The summed E-state index contributed by atoms with van der Waals surface area (Å²) in [5, 5.41) is 6.49. The summed E-state index contributed by atoms with van der Waals surface area (Å²) in [5.74, 6) is 0.480. The minimum absolute atomic E-state index is 0.291. The normalized spacial score (nSPS) is 18.5. The lowest BCUT2D eigenvalue weighted by Crippen LogP contribution is -2.45. The molecular formula is C34H31N3O4S. The SMILES string of the molecule is Cn1cc(Cc2ccc(OCc3ccc4ccccc4n3)cc2)c2ccc(C(=O)C3(C)C=CC=CC3S(N)(=O)=O)cc21. The second-order valence-corrected chi connectivity index (χ2v) is 12.7. The van der Waals surface area contributed by atoms with Gasteiger partial charge in [-0.25, -0.2) is 18.5 Å². The van der Waals surface area contributed by atoms with Gasteiger partial charge in [-0.15, -0.1) is 0 Å². The quantitative estimate of drug-likeness (QED) is 0.232. The molecule has 1 aliphatic rings. The molecule has 2 atom stereocenters. The zero-order valence-electron chi connectivity index (χ0n) is 23.4. The number of benzene rings is 3. The molecule has 1 aliphatic carbocycles. The fourth-order valence-corrected chi connectivity index (χ4v) is 6.88. The molecule has 2 unspecified atom stereocenters. The van der Waals surface area contributed by atoms with E-state index in [0.717, 1.165) is 44.4 Å². The monoisotopic (exact) mass is 577 g/mol. The third-order valence-corrected chi connectivity index (χ3v) is 9.32. The van der Waals surface area contributed by atoms with Crippen LogP contribution in [-0.4, -0.2) is 29.0 Å². The van der Waals surface area contributed by atoms with E-state index in [0.29, 0.717) is 18.6 Å². The molecule has 212 valence electrons. The van der Waals surface area contributed by atoms with Crippen molar-refractivity contribution in [3.63, 3.8) is 0 Å². The highest BCUT2D eigenvalue weighted by Crippen LogP contribution is 2.36. The average molecular weight is 578 g/mol. The highest BCUT2D eigenvalue weighted by molar-refractivity contribution is 7.90. The van der Waals surface area contributed by atoms with Gasteiger partial charge in [-0.05, 0) is 54.8 Å². The molecule has 2 N–H and O–H groups in total. The summed E-state index contributed by atoms with van der Waals surface area (Å²) < 4.78 is 32.5. The number of Topliss-reactive ketones (excluding diaryl/α,β-unsaturated/α-hetero) is 1. The number of ketones is 1. The Hall–Kier alpha value is -4.53. The largest absolute Gasteiger partial charge is 0.487 e. The zero-order valence-corrected chi connectivity index (χ0v) is 24.2. The first kappa shape index (κ1) is 27.6. The molecule has 7 nitrogen and oxygen atoms in total. The molecule has 0 aliphatic heterocycles. The van der Waals surface area contributed by atoms with E-state index in [4.69, 9.17) is 9.88 Å². The first-order valence-electron chi connectivity index (χ1n) is 13.7. The van der Waals surface area contributed by atoms with E-state index in [2.05, 4.69) is 29.4 Å². The van der Waals surface area contributed by atoms with Crippen LogP contribution in [0.2, 0.25) is 0 Å². The molecular weight excluding hydrogens is 546 g/mol. The number of allylic oxidation sites excluding steroid dienone is 3. The Labute approximate surface area is 245 Å². The summed E-state index contributed by atoms with van der Waals surface area (Å²) in [4.78, 5) is 18.3. The number of primary sulfonamides is 1. The number of aryl methyl sites for hydroxylation is 1. The summed E-state index contributed by atoms with van der Waals surface area (Å²) in [6, 6.07) is 25.6. The Bertz CT molecular complexity index is 1990. The van der Waals surface area contributed by atoms with Gasteiger partial charge in [0.05, 0.1) is 16.6 Å². The number of aromatic nitrogens is 2. The molecule has 0 saturated heterocycles. The number of pyridine rings is 1. The Morgan fingerprint density at radius 1 is 1.02 bits per heavy atom. The molecule has 0 bridgehead atoms. The number of nitrogens with zero attached hydrogens (tertiary/aromatic N) is 2. The van der Waals surface area contributed by atoms with Crippen LogP contribution in [-0.2, 0) is 30.1 Å². The van der Waals surface area contributed by atoms with Crippen molar-refractivity contribution in [1.29, 1.82) is 0 Å². The van der Waals surface area contributed by atoms with Crippen molar-refractivity contribution in [2.24, 2.45) is 17.6 Å². The number of hydrogen-bond donors (Lipinski definition) is 1. The van der Waals surface area contributed by atoms with Crippen molar-refractivity contribution < 1.29 is 17.9 Å². The number of para-hydroxylation sites is 1. The van der Waals surface area contributed by atoms with Crippen molar-refractivity contribution in [2.45, 2.75) is 25.2 Å². The predicted molar refractivity (Wildman–Crippen MR) is 166 cm³/mol. The Kier molecular flexibility index (Phi) is 7.04. The van der Waals surface area contributed by atoms with Crippen LogP contribution in [0.1, 0.15) is 34.1 Å². The molecule has 6 rings (SSSR count). The second kappa shape index (κ2) is 10.7. The van der Waals surface area contributed by atoms with Gasteiger partial charge < -0.3 is 9.30 Å². The molecule has 0 fully saturated rings. The molecule has 3 aromatic carbocycles. The van der Waals surface area contributed by atoms with Gasteiger partial charge in [-0.3, -0.25) is 4.79 Å². The fourth-order valence-electron chi connectivity index (χ4n) is 5.70. The number of carbonyl (C=O) groups is 1. The van der Waals surface area contributed by atoms with E-state index in [1.165, 1.54) is 6.08 Å². The van der Waals surface area contributed by atoms with Crippen molar-refractivity contribution in [1.82, 2.24) is 9.55 Å². The van der Waals surface area contributed by atoms with Crippen molar-refractivity contribution in [2.75, 3.05) is 0 Å². The summed E-state index contributed by atoms with van der Waals surface area (Å²) in [6.07, 6.45) is 9.16. The van der Waals surface area contributed by atoms with Gasteiger partial charge >= 0.3 is 0 Å². The van der Waals surface area contributed by atoms with Crippen LogP contribution in [0.3, 0.4) is 0 Å². The average Bonchev–Trinajstić information content (AvgIpc) is 3.29. The van der Waals surface area contributed by atoms with Crippen molar-refractivity contribution >= 4 is 37.6 Å². The minimum Gasteiger partial charge on any atom is -0.487 e. The smallest absolute Gasteiger partial charge is 0.216 e. The number of carbonyl (C=O) groups excluding carboxylic acids is 1. The van der Waals surface area contributed by atoms with Crippen LogP contribution in [0.25, 0.3) is 21.8 Å². The number of sulfonamides is 1. The van der Waals surface area contributed by atoms with Crippen LogP contribution < -0.4 is 9.88 Å². The van der Waals surface area contributed by atoms with E-state index < -0.39 is 20.7 Å². The fraction of sp³-hybridized carbons (Fsp3) is 0.176. The Morgan fingerprint density at radius 2 is 1.81 bits per heavy atom. The molecule has 2 aromatic heterocycles. The first-order valence-corrected chi connectivity index (χ1v) is 15.3. The number of fused-ring (bicyclic) bond motifs is 2. The van der Waals surface area contributed by atoms with Crippen molar-refractivity contribution in [3.05, 3.63) is 132 Å². The number of rotatable bonds is 8. The standard InChI is InChI=1S/C34H31N3O4S/c1-34(18-6-5-9-32(34)42(35,39)40)33(38)25-13-17-29-26(21-37(2)31(29)20-25)19-23-10-15-28(16-11-23)41-22-27-14-12-24-7-3-4-8-30(24)36-27/h3-18,20-21,32H,19,22H2,1-2H3,(H2,35,39,40). The molecule has 8 heteroatoms. The van der Waals surface area contributed by atoms with Crippen LogP contribution in [0.4, 0.5) is 0 Å². The van der Waals surface area contributed by atoms with Gasteiger partial charge in [-0.2, -0.15) is 0 Å². The number of nitrogens with two attached hydrogens (primary N) is 1. The summed E-state index contributed by atoms with van der Waals surface area (Å²) in [7, 11) is -2.03. The number of ether oxygens (including phenoxy) is 1. The van der Waals surface area contributed by atoms with Gasteiger partial charge in [0, 0.05) is 35.1 Å². The van der Waals surface area contributed by atoms with E-state index in [9.17, 15) is 13.2 Å². The van der Waals surface area contributed by atoms with Crippen LogP contribution in [0.15, 0.2) is 109 Å². The van der Waals surface area contributed by atoms with Gasteiger partial charge in [0.25, 0.3) is 0 Å². The van der Waals surface area contributed by atoms with Gasteiger partial charge in [0.2, 0.25) is 10.0 Å². The van der Waals surface area contributed by atoms with Crippen LogP contribution in [0.5, 0.6) is 5.75 Å². The predicted octanol–water partition coefficient (Wildman–Crippen LogP) is 5.87. The molecule has 42 heavy (non-hydrogen) atoms. The van der Waals surface area contributed by atoms with Crippen LogP contribution >= 0.6 is 0 Å². The Morgan fingerprint density at radius 3 is 2.60 bits per heavy atom. The third kappa shape index (κ3) is 5.26. The first-order chi connectivity index (χ1) is 20.1. The Balaban J connectivity index is 1.18. The lowest BCUT2D eigenvalue weighted by Gasteiger charge is -2.32. The maximum atomic E-state index is 13.6. The number of hydrogen-bond acceptors (Lipinski definition) is 5. The topological polar surface area (TPSA) is 104 Å². The lowest BCUT2D eigenvalue weighted by molar-refractivity contribution is 0.0872. The summed E-state index contributed by atoms with van der Waals surface area (Å²) in [5.41, 5.74) is 4.11. The summed E-state index contributed by atoms with van der Waals surface area (Å²) in [6.45, 7) is 2.01. The molecule has 0 spiro atoms. The van der Waals surface area contributed by atoms with E-state index in [-0.39, 0.29) is 5.78 Å². The molecule has 5 aromatic rings. The minimum atomic E-state index is -3.97. The van der Waals surface area contributed by atoms with Crippen LogP contribution in [0, 0.1) is 5.41 Å². The summed E-state index contributed by atoms with van der Waals surface area (Å²) >= 11 is 0. The van der Waals surface area contributed by atoms with Gasteiger partial charge in [0.15, 0.2) is 5.78 Å². The third-order valence-electron chi connectivity index (χ3n) is 7.97. The molecule has 2 heterocycles. The highest BCUT2D eigenvalue weighted by atomic mass is 32.2. The molecule has 0 amide bonds. The zero-order chi connectivity index (χ0) is 29.5. The second-order valence-electron chi connectivity index (χ2n) is 11.0. The maximum Gasteiger partial charge on any atom is 0.216 e. The van der Waals surface area contributed by atoms with Crippen molar-refractivity contribution in [3.8, 4) is 5.75 Å². The molecule has 0 radical (unpaired) electrons. The van der Waals surface area contributed by atoms with E-state index in [1.807, 2.05) is 66.2 Å².